The number of hydrogen-bond donors (Lipinski definition) is 2. The maximum atomic E-state index is 11.8. The smallest absolute Gasteiger partial charge is 0.326 e. The molecule has 156 valence electrons. The molecule has 1 saturated heterocycles. The van der Waals surface area contributed by atoms with Crippen LogP contribution < -0.4 is 20.1 Å². The van der Waals surface area contributed by atoms with Crippen molar-refractivity contribution in [3.8, 4) is 11.5 Å². The summed E-state index contributed by atoms with van der Waals surface area (Å²) in [5.41, 5.74) is 2.44. The van der Waals surface area contributed by atoms with E-state index in [-0.39, 0.29) is 12.3 Å². The second kappa shape index (κ2) is 9.69. The number of carbonyl (C=O) groups is 2. The maximum Gasteiger partial charge on any atom is 0.326 e. The number of halogens is 2. The van der Waals surface area contributed by atoms with Crippen molar-refractivity contribution in [2.75, 3.05) is 6.61 Å². The Balaban J connectivity index is 1.96. The Kier molecular flexibility index (Phi) is 7.03. The van der Waals surface area contributed by atoms with Crippen molar-refractivity contribution in [2.45, 2.75) is 20.0 Å². The van der Waals surface area contributed by atoms with Crippen LogP contribution in [0.4, 0.5) is 4.79 Å². The van der Waals surface area contributed by atoms with Crippen molar-refractivity contribution >= 4 is 41.2 Å². The van der Waals surface area contributed by atoms with E-state index >= 15 is 0 Å². The third-order valence-electron chi connectivity index (χ3n) is 4.24. The Morgan fingerprint density at radius 1 is 1.07 bits per heavy atom. The number of hydrogen-bond acceptors (Lipinski definition) is 4. The lowest BCUT2D eigenvalue weighted by Crippen LogP contribution is -2.22. The number of rotatable bonds is 8. The second-order valence-electron chi connectivity index (χ2n) is 6.42. The first-order chi connectivity index (χ1) is 14.4. The lowest BCUT2D eigenvalue weighted by Gasteiger charge is -2.17. The van der Waals surface area contributed by atoms with Crippen molar-refractivity contribution in [2.24, 2.45) is 0 Å². The fourth-order valence-corrected chi connectivity index (χ4v) is 3.40. The van der Waals surface area contributed by atoms with Crippen molar-refractivity contribution in [3.63, 3.8) is 0 Å². The van der Waals surface area contributed by atoms with Crippen molar-refractivity contribution in [3.05, 3.63) is 75.4 Å². The van der Waals surface area contributed by atoms with Gasteiger partial charge in [0, 0.05) is 21.2 Å². The molecular formula is C22H20Cl2N2O4. The van der Waals surface area contributed by atoms with Crippen LogP contribution in [-0.2, 0) is 17.8 Å². The van der Waals surface area contributed by atoms with Crippen LogP contribution in [0.1, 0.15) is 23.6 Å². The molecule has 3 rings (SSSR count). The van der Waals surface area contributed by atoms with Crippen LogP contribution in [0.2, 0.25) is 10.0 Å². The normalized spacial score (nSPS) is 14.4. The van der Waals surface area contributed by atoms with Gasteiger partial charge in [0.05, 0.1) is 6.61 Å². The topological polar surface area (TPSA) is 76.7 Å². The number of amides is 3. The van der Waals surface area contributed by atoms with Gasteiger partial charge in [0.1, 0.15) is 12.3 Å². The summed E-state index contributed by atoms with van der Waals surface area (Å²) >= 11 is 12.2. The summed E-state index contributed by atoms with van der Waals surface area (Å²) in [6.45, 7) is 6.31. The van der Waals surface area contributed by atoms with Gasteiger partial charge in [-0.2, -0.15) is 0 Å². The van der Waals surface area contributed by atoms with E-state index in [4.69, 9.17) is 32.7 Å². The SMILES string of the molecule is C=CCc1cc(/C=C2/NC(=O)NC2=O)cc(OCC)c1OCc1ccc(Cl)cc1Cl. The van der Waals surface area contributed by atoms with Crippen molar-refractivity contribution in [1.82, 2.24) is 10.6 Å². The molecule has 3 amide bonds. The van der Waals surface area contributed by atoms with Gasteiger partial charge in [-0.25, -0.2) is 4.79 Å². The highest BCUT2D eigenvalue weighted by Gasteiger charge is 2.23. The number of carbonyl (C=O) groups excluding carboxylic acids is 2. The van der Waals surface area contributed by atoms with Crippen LogP contribution >= 0.6 is 23.2 Å². The van der Waals surface area contributed by atoms with E-state index in [2.05, 4.69) is 17.2 Å². The predicted octanol–water partition coefficient (Wildman–Crippen LogP) is 4.88. The lowest BCUT2D eigenvalue weighted by atomic mass is 10.0. The Morgan fingerprint density at radius 3 is 2.50 bits per heavy atom. The van der Waals surface area contributed by atoms with Gasteiger partial charge in [0.15, 0.2) is 11.5 Å². The second-order valence-corrected chi connectivity index (χ2v) is 7.27. The zero-order chi connectivity index (χ0) is 21.7. The van der Waals surface area contributed by atoms with Crippen LogP contribution in [0.3, 0.4) is 0 Å². The molecule has 0 saturated carbocycles. The average Bonchev–Trinajstić information content (AvgIpc) is 3.00. The number of nitrogens with one attached hydrogen (secondary N) is 2. The average molecular weight is 447 g/mol. The number of urea groups is 1. The Labute approximate surface area is 184 Å². The van der Waals surface area contributed by atoms with E-state index in [1.165, 1.54) is 0 Å². The summed E-state index contributed by atoms with van der Waals surface area (Å²) in [4.78, 5) is 23.2. The highest BCUT2D eigenvalue weighted by Crippen LogP contribution is 2.36. The molecule has 8 heteroatoms. The fraction of sp³-hybridized carbons (Fsp3) is 0.182. The standard InChI is InChI=1S/C22H20Cl2N2O4/c1-3-5-14-8-13(9-18-21(27)26-22(28)25-18)10-19(29-4-2)20(14)30-12-15-6-7-16(23)11-17(15)24/h3,6-11H,1,4-5,12H2,2H3,(H2,25,26,27,28)/b18-9+. The van der Waals surface area contributed by atoms with Crippen LogP contribution in [0.15, 0.2) is 48.7 Å². The largest absolute Gasteiger partial charge is 0.490 e. The molecule has 30 heavy (non-hydrogen) atoms. The summed E-state index contributed by atoms with van der Waals surface area (Å²) in [6.07, 6.45) is 3.84. The van der Waals surface area contributed by atoms with Gasteiger partial charge < -0.3 is 14.8 Å². The molecule has 0 unspecified atom stereocenters. The van der Waals surface area contributed by atoms with Crippen molar-refractivity contribution < 1.29 is 19.1 Å². The Morgan fingerprint density at radius 2 is 1.87 bits per heavy atom. The highest BCUT2D eigenvalue weighted by molar-refractivity contribution is 6.35. The maximum absolute atomic E-state index is 11.8. The minimum absolute atomic E-state index is 0.161. The van der Waals surface area contributed by atoms with E-state index in [9.17, 15) is 9.59 Å². The highest BCUT2D eigenvalue weighted by atomic mass is 35.5. The number of ether oxygens (including phenoxy) is 2. The number of imide groups is 1. The molecule has 0 aliphatic carbocycles. The first-order valence-corrected chi connectivity index (χ1v) is 9.98. The van der Waals surface area contributed by atoms with Gasteiger partial charge >= 0.3 is 6.03 Å². The van der Waals surface area contributed by atoms with Gasteiger partial charge in [0.2, 0.25) is 0 Å². The van der Waals surface area contributed by atoms with E-state index in [1.807, 2.05) is 13.0 Å². The molecule has 2 N–H and O–H groups in total. The zero-order valence-corrected chi connectivity index (χ0v) is 17.8. The van der Waals surface area contributed by atoms with Crippen LogP contribution in [0.5, 0.6) is 11.5 Å². The molecule has 1 aliphatic heterocycles. The lowest BCUT2D eigenvalue weighted by molar-refractivity contribution is -0.115. The summed E-state index contributed by atoms with van der Waals surface area (Å²) < 4.78 is 11.9. The van der Waals surface area contributed by atoms with E-state index in [0.717, 1.165) is 11.1 Å². The predicted molar refractivity (Wildman–Crippen MR) is 117 cm³/mol. The minimum atomic E-state index is -0.553. The molecule has 0 bridgehead atoms. The van der Waals surface area contributed by atoms with Gasteiger partial charge in [-0.1, -0.05) is 35.3 Å². The third-order valence-corrected chi connectivity index (χ3v) is 4.82. The van der Waals surface area contributed by atoms with Gasteiger partial charge in [0.25, 0.3) is 5.91 Å². The Hall–Kier alpha value is -2.96. The van der Waals surface area contributed by atoms with Gasteiger partial charge in [-0.3, -0.25) is 10.1 Å². The molecule has 2 aromatic rings. The summed E-state index contributed by atoms with van der Waals surface area (Å²) in [7, 11) is 0. The van der Waals surface area contributed by atoms with Crippen molar-refractivity contribution in [1.29, 1.82) is 0 Å². The van der Waals surface area contributed by atoms with Crippen LogP contribution in [0, 0.1) is 0 Å². The molecule has 0 spiro atoms. The first-order valence-electron chi connectivity index (χ1n) is 9.22. The third kappa shape index (κ3) is 5.14. The monoisotopic (exact) mass is 446 g/mol. The van der Waals surface area contributed by atoms with Crippen LogP contribution in [0.25, 0.3) is 6.08 Å². The molecule has 6 nitrogen and oxygen atoms in total. The Bertz CT molecular complexity index is 1030. The molecular weight excluding hydrogens is 427 g/mol. The zero-order valence-electron chi connectivity index (χ0n) is 16.3. The summed E-state index contributed by atoms with van der Waals surface area (Å²) in [5, 5.41) is 5.70. The van der Waals surface area contributed by atoms with E-state index < -0.39 is 11.9 Å². The first kappa shape index (κ1) is 21.7. The minimum Gasteiger partial charge on any atom is -0.490 e. The number of benzene rings is 2. The van der Waals surface area contributed by atoms with Gasteiger partial charge in [-0.15, -0.1) is 6.58 Å². The number of allylic oxidation sites excluding steroid dienone is 1. The molecule has 2 aromatic carbocycles. The molecule has 0 atom stereocenters. The van der Waals surface area contributed by atoms with Gasteiger partial charge in [-0.05, 0) is 49.2 Å². The van der Waals surface area contributed by atoms with E-state index in [0.29, 0.717) is 40.1 Å². The molecule has 1 heterocycles. The molecule has 1 aliphatic rings. The molecule has 1 fully saturated rings. The van der Waals surface area contributed by atoms with E-state index in [1.54, 1.807) is 36.4 Å². The van der Waals surface area contributed by atoms with Crippen LogP contribution in [-0.4, -0.2) is 18.5 Å². The molecule has 0 aromatic heterocycles. The summed E-state index contributed by atoms with van der Waals surface area (Å²) in [6, 6.07) is 8.26. The summed E-state index contributed by atoms with van der Waals surface area (Å²) in [5.74, 6) is 0.587. The molecule has 0 radical (unpaired) electrons. The quantitative estimate of drug-likeness (QED) is 0.344. The fourth-order valence-electron chi connectivity index (χ4n) is 2.94.